The fourth-order valence-electron chi connectivity index (χ4n) is 1.81. The normalized spacial score (nSPS) is 19.5. The van der Waals surface area contributed by atoms with Gasteiger partial charge < -0.3 is 10.8 Å². The first-order chi connectivity index (χ1) is 6.20. The van der Waals surface area contributed by atoms with Gasteiger partial charge in [0.05, 0.1) is 5.60 Å². The smallest absolute Gasteiger partial charge is 0.0688 e. The summed E-state index contributed by atoms with van der Waals surface area (Å²) in [5.41, 5.74) is 7.20. The monoisotopic (exact) mass is 177 g/mol. The Morgan fingerprint density at radius 2 is 2.00 bits per heavy atom. The van der Waals surface area contributed by atoms with Gasteiger partial charge in [0.25, 0.3) is 0 Å². The van der Waals surface area contributed by atoms with Gasteiger partial charge in [-0.1, -0.05) is 18.2 Å². The van der Waals surface area contributed by atoms with Crippen molar-refractivity contribution >= 4 is 5.69 Å². The predicted octanol–water partition coefficient (Wildman–Crippen LogP) is 1.73. The molecule has 0 aromatic heterocycles. The molecule has 13 heavy (non-hydrogen) atoms. The lowest BCUT2D eigenvalue weighted by Crippen LogP contribution is -2.39. The van der Waals surface area contributed by atoms with E-state index in [2.05, 4.69) is 0 Å². The lowest BCUT2D eigenvalue weighted by atomic mass is 9.76. The molecule has 1 fully saturated rings. The summed E-state index contributed by atoms with van der Waals surface area (Å²) in [6.45, 7) is 0. The maximum Gasteiger partial charge on any atom is 0.0688 e. The van der Waals surface area contributed by atoms with Crippen LogP contribution >= 0.6 is 0 Å². The van der Waals surface area contributed by atoms with Crippen LogP contribution in [0.2, 0.25) is 0 Å². The van der Waals surface area contributed by atoms with E-state index < -0.39 is 5.60 Å². The maximum atomic E-state index is 9.93. The third-order valence-electron chi connectivity index (χ3n) is 2.86. The van der Waals surface area contributed by atoms with E-state index in [0.29, 0.717) is 6.42 Å². The molecule has 0 bridgehead atoms. The molecule has 2 rings (SSSR count). The Labute approximate surface area is 78.4 Å². The minimum absolute atomic E-state index is 0.463. The third kappa shape index (κ3) is 1.68. The molecule has 0 unspecified atom stereocenters. The lowest BCUT2D eigenvalue weighted by Gasteiger charge is -2.37. The van der Waals surface area contributed by atoms with Crippen LogP contribution in [-0.2, 0) is 6.42 Å². The molecule has 3 N–H and O–H groups in total. The lowest BCUT2D eigenvalue weighted by molar-refractivity contribution is -0.0321. The number of para-hydroxylation sites is 1. The summed E-state index contributed by atoms with van der Waals surface area (Å²) < 4.78 is 0. The molecule has 0 atom stereocenters. The molecule has 1 aromatic carbocycles. The van der Waals surface area contributed by atoms with Crippen molar-refractivity contribution in [3.05, 3.63) is 29.8 Å². The van der Waals surface area contributed by atoms with Crippen LogP contribution in [0.3, 0.4) is 0 Å². The molecule has 0 saturated heterocycles. The number of aliphatic hydroxyl groups is 1. The van der Waals surface area contributed by atoms with Crippen LogP contribution in [-0.4, -0.2) is 10.7 Å². The highest BCUT2D eigenvalue weighted by molar-refractivity contribution is 5.47. The molecule has 1 aromatic rings. The number of hydrogen-bond acceptors (Lipinski definition) is 2. The Bertz CT molecular complexity index is 305. The van der Waals surface area contributed by atoms with Gasteiger partial charge in [-0.05, 0) is 30.9 Å². The van der Waals surface area contributed by atoms with E-state index in [9.17, 15) is 5.11 Å². The summed E-state index contributed by atoms with van der Waals surface area (Å²) in [5.74, 6) is 0. The molecule has 0 heterocycles. The van der Waals surface area contributed by atoms with Crippen molar-refractivity contribution in [2.45, 2.75) is 31.3 Å². The van der Waals surface area contributed by atoms with Crippen molar-refractivity contribution in [3.63, 3.8) is 0 Å². The highest BCUT2D eigenvalue weighted by Crippen LogP contribution is 2.35. The molecule has 70 valence electrons. The highest BCUT2D eigenvalue weighted by atomic mass is 16.3. The van der Waals surface area contributed by atoms with Crippen molar-refractivity contribution in [2.24, 2.45) is 0 Å². The average molecular weight is 177 g/mol. The second-order valence-electron chi connectivity index (χ2n) is 3.95. The molecule has 0 radical (unpaired) electrons. The summed E-state index contributed by atoms with van der Waals surface area (Å²) >= 11 is 0. The van der Waals surface area contributed by atoms with Crippen LogP contribution in [0.15, 0.2) is 24.3 Å². The van der Waals surface area contributed by atoms with Crippen LogP contribution in [0, 0.1) is 0 Å². The molecular weight excluding hydrogens is 162 g/mol. The molecule has 0 amide bonds. The third-order valence-corrected chi connectivity index (χ3v) is 2.86. The molecular formula is C11H15NO. The van der Waals surface area contributed by atoms with E-state index in [1.165, 1.54) is 0 Å². The molecule has 0 spiro atoms. The molecule has 1 aliphatic rings. The maximum absolute atomic E-state index is 9.93. The number of anilines is 1. The van der Waals surface area contributed by atoms with Gasteiger partial charge in [-0.15, -0.1) is 0 Å². The second kappa shape index (κ2) is 3.04. The van der Waals surface area contributed by atoms with E-state index in [4.69, 9.17) is 5.73 Å². The minimum atomic E-state index is -0.463. The van der Waals surface area contributed by atoms with Gasteiger partial charge in [-0.25, -0.2) is 0 Å². The predicted molar refractivity (Wildman–Crippen MR) is 53.4 cm³/mol. The van der Waals surface area contributed by atoms with Crippen molar-refractivity contribution in [1.82, 2.24) is 0 Å². The standard InChI is InChI=1S/C11H15NO/c12-10-5-2-1-4-9(10)8-11(13)6-3-7-11/h1-2,4-5,13H,3,6-8,12H2. The Hall–Kier alpha value is -1.02. The summed E-state index contributed by atoms with van der Waals surface area (Å²) in [4.78, 5) is 0. The first-order valence-corrected chi connectivity index (χ1v) is 4.75. The Morgan fingerprint density at radius 1 is 1.31 bits per heavy atom. The van der Waals surface area contributed by atoms with E-state index in [-0.39, 0.29) is 0 Å². The van der Waals surface area contributed by atoms with Crippen molar-refractivity contribution < 1.29 is 5.11 Å². The highest BCUT2D eigenvalue weighted by Gasteiger charge is 2.34. The number of hydrogen-bond donors (Lipinski definition) is 2. The number of rotatable bonds is 2. The number of nitrogen functional groups attached to an aromatic ring is 1. The van der Waals surface area contributed by atoms with Crippen molar-refractivity contribution in [3.8, 4) is 0 Å². The summed E-state index contributed by atoms with van der Waals surface area (Å²) in [7, 11) is 0. The van der Waals surface area contributed by atoms with Gasteiger partial charge in [0.15, 0.2) is 0 Å². The molecule has 2 nitrogen and oxygen atoms in total. The quantitative estimate of drug-likeness (QED) is 0.676. The van der Waals surface area contributed by atoms with Crippen LogP contribution in [0.5, 0.6) is 0 Å². The van der Waals surface area contributed by atoms with Crippen LogP contribution in [0.25, 0.3) is 0 Å². The topological polar surface area (TPSA) is 46.2 Å². The van der Waals surface area contributed by atoms with Gasteiger partial charge in [-0.3, -0.25) is 0 Å². The zero-order chi connectivity index (χ0) is 9.31. The Balaban J connectivity index is 2.13. The SMILES string of the molecule is Nc1ccccc1CC1(O)CCC1. The number of benzene rings is 1. The first kappa shape index (κ1) is 8.57. The zero-order valence-electron chi connectivity index (χ0n) is 7.66. The van der Waals surface area contributed by atoms with E-state index in [0.717, 1.165) is 30.5 Å². The van der Waals surface area contributed by atoms with E-state index in [1.54, 1.807) is 0 Å². The van der Waals surface area contributed by atoms with Crippen LogP contribution < -0.4 is 5.73 Å². The van der Waals surface area contributed by atoms with Gasteiger partial charge in [0.2, 0.25) is 0 Å². The Kier molecular flexibility index (Phi) is 2.00. The Morgan fingerprint density at radius 3 is 2.54 bits per heavy atom. The minimum Gasteiger partial charge on any atom is -0.399 e. The second-order valence-corrected chi connectivity index (χ2v) is 3.95. The van der Waals surface area contributed by atoms with E-state index in [1.807, 2.05) is 24.3 Å². The summed E-state index contributed by atoms with van der Waals surface area (Å²) in [6.07, 6.45) is 3.69. The van der Waals surface area contributed by atoms with Crippen LogP contribution in [0.4, 0.5) is 5.69 Å². The zero-order valence-corrected chi connectivity index (χ0v) is 7.66. The summed E-state index contributed by atoms with van der Waals surface area (Å²) in [5, 5.41) is 9.93. The first-order valence-electron chi connectivity index (χ1n) is 4.75. The average Bonchev–Trinajstić information content (AvgIpc) is 2.06. The fraction of sp³-hybridized carbons (Fsp3) is 0.455. The largest absolute Gasteiger partial charge is 0.399 e. The summed E-state index contributed by atoms with van der Waals surface area (Å²) in [6, 6.07) is 7.76. The molecule has 0 aliphatic heterocycles. The molecule has 1 aliphatic carbocycles. The molecule has 2 heteroatoms. The van der Waals surface area contributed by atoms with Crippen LogP contribution in [0.1, 0.15) is 24.8 Å². The van der Waals surface area contributed by atoms with Gasteiger partial charge in [0, 0.05) is 12.1 Å². The van der Waals surface area contributed by atoms with Crippen molar-refractivity contribution in [2.75, 3.05) is 5.73 Å². The van der Waals surface area contributed by atoms with Gasteiger partial charge >= 0.3 is 0 Å². The van der Waals surface area contributed by atoms with Crippen molar-refractivity contribution in [1.29, 1.82) is 0 Å². The van der Waals surface area contributed by atoms with E-state index >= 15 is 0 Å². The van der Waals surface area contributed by atoms with Gasteiger partial charge in [0.1, 0.15) is 0 Å². The fourth-order valence-corrected chi connectivity index (χ4v) is 1.81. The molecule has 1 saturated carbocycles. The number of nitrogens with two attached hydrogens (primary N) is 1. The van der Waals surface area contributed by atoms with Gasteiger partial charge in [-0.2, -0.15) is 0 Å².